The Balaban J connectivity index is 1.88. The molecule has 0 fully saturated rings. The third-order valence-corrected chi connectivity index (χ3v) is 4.83. The molecule has 0 saturated heterocycles. The van der Waals surface area contributed by atoms with Gasteiger partial charge in [-0.3, -0.25) is 0 Å². The predicted molar refractivity (Wildman–Crippen MR) is 84.2 cm³/mol. The fourth-order valence-electron chi connectivity index (χ4n) is 2.73. The monoisotopic (exact) mass is 269 g/mol. The van der Waals surface area contributed by atoms with Gasteiger partial charge in [0.25, 0.3) is 0 Å². The molecule has 0 saturated carbocycles. The van der Waals surface area contributed by atoms with E-state index in [2.05, 4.69) is 61.8 Å². The zero-order valence-corrected chi connectivity index (χ0v) is 12.5. The number of thioether (sulfide) groups is 1. The highest BCUT2D eigenvalue weighted by molar-refractivity contribution is 7.98. The molecule has 1 heterocycles. The van der Waals surface area contributed by atoms with Crippen molar-refractivity contribution in [1.82, 2.24) is 0 Å². The van der Waals surface area contributed by atoms with E-state index >= 15 is 0 Å². The molecule has 1 nitrogen and oxygen atoms in total. The first kappa shape index (κ1) is 12.6. The minimum absolute atomic E-state index is 0.423. The molecule has 0 aromatic heterocycles. The van der Waals surface area contributed by atoms with Gasteiger partial charge in [0.1, 0.15) is 0 Å². The van der Waals surface area contributed by atoms with Crippen LogP contribution in [0.3, 0.4) is 0 Å². The Hall–Kier alpha value is -1.41. The van der Waals surface area contributed by atoms with Gasteiger partial charge in [0, 0.05) is 10.6 Å². The fourth-order valence-corrected chi connectivity index (χ4v) is 3.13. The number of fused-ring (bicyclic) bond motifs is 1. The van der Waals surface area contributed by atoms with E-state index < -0.39 is 0 Å². The summed E-state index contributed by atoms with van der Waals surface area (Å²) in [6.45, 7) is 4.39. The maximum absolute atomic E-state index is 3.69. The van der Waals surface area contributed by atoms with Crippen molar-refractivity contribution >= 4 is 17.4 Å². The van der Waals surface area contributed by atoms with Crippen LogP contribution in [0, 0.1) is 13.8 Å². The molecule has 1 unspecified atom stereocenters. The summed E-state index contributed by atoms with van der Waals surface area (Å²) in [7, 11) is 0. The SMILES string of the molecule is CSc1ccc(C2Cc3ccc(C)c(C)c3N2)cc1. The molecule has 0 amide bonds. The first-order valence-corrected chi connectivity index (χ1v) is 7.91. The lowest BCUT2D eigenvalue weighted by atomic mass is 10.0. The van der Waals surface area contributed by atoms with Crippen molar-refractivity contribution < 1.29 is 0 Å². The third kappa shape index (κ3) is 2.25. The Bertz CT molecular complexity index is 601. The van der Waals surface area contributed by atoms with E-state index in [1.54, 1.807) is 11.8 Å². The lowest BCUT2D eigenvalue weighted by Crippen LogP contribution is -2.05. The summed E-state index contributed by atoms with van der Waals surface area (Å²) in [6.07, 6.45) is 3.21. The summed E-state index contributed by atoms with van der Waals surface area (Å²) in [5.74, 6) is 0. The summed E-state index contributed by atoms with van der Waals surface area (Å²) < 4.78 is 0. The fraction of sp³-hybridized carbons (Fsp3) is 0.294. The van der Waals surface area contributed by atoms with E-state index in [1.165, 1.54) is 32.8 Å². The summed E-state index contributed by atoms with van der Waals surface area (Å²) in [6, 6.07) is 13.8. The summed E-state index contributed by atoms with van der Waals surface area (Å²) in [4.78, 5) is 1.33. The van der Waals surface area contributed by atoms with Gasteiger partial charge in [-0.2, -0.15) is 0 Å². The van der Waals surface area contributed by atoms with E-state index in [0.717, 1.165) is 6.42 Å². The van der Waals surface area contributed by atoms with Crippen LogP contribution in [0.5, 0.6) is 0 Å². The summed E-state index contributed by atoms with van der Waals surface area (Å²) in [5.41, 5.74) is 6.93. The summed E-state index contributed by atoms with van der Waals surface area (Å²) in [5, 5.41) is 3.69. The van der Waals surface area contributed by atoms with Crippen molar-refractivity contribution in [3.63, 3.8) is 0 Å². The highest BCUT2D eigenvalue weighted by atomic mass is 32.2. The van der Waals surface area contributed by atoms with E-state index in [4.69, 9.17) is 0 Å². The van der Waals surface area contributed by atoms with Crippen LogP contribution in [0.15, 0.2) is 41.3 Å². The van der Waals surface area contributed by atoms with Crippen molar-refractivity contribution in [2.75, 3.05) is 11.6 Å². The summed E-state index contributed by atoms with van der Waals surface area (Å²) >= 11 is 1.79. The van der Waals surface area contributed by atoms with Gasteiger partial charge in [-0.15, -0.1) is 11.8 Å². The predicted octanol–water partition coefficient (Wildman–Crippen LogP) is 4.73. The second-order valence-electron chi connectivity index (χ2n) is 5.22. The number of anilines is 1. The molecule has 98 valence electrons. The molecule has 2 aromatic carbocycles. The van der Waals surface area contributed by atoms with Crippen LogP contribution in [0.2, 0.25) is 0 Å². The normalized spacial score (nSPS) is 17.1. The molecular weight excluding hydrogens is 250 g/mol. The van der Waals surface area contributed by atoms with Crippen molar-refractivity contribution in [2.45, 2.75) is 31.2 Å². The molecule has 2 heteroatoms. The van der Waals surface area contributed by atoms with Crippen LogP contribution in [0.25, 0.3) is 0 Å². The second kappa shape index (κ2) is 4.93. The van der Waals surface area contributed by atoms with Crippen molar-refractivity contribution in [1.29, 1.82) is 0 Å². The standard InChI is InChI=1S/C17H19NS/c1-11-4-5-14-10-16(18-17(14)12(11)2)13-6-8-15(19-3)9-7-13/h4-9,16,18H,10H2,1-3H3. The topological polar surface area (TPSA) is 12.0 Å². The van der Waals surface area contributed by atoms with E-state index in [9.17, 15) is 0 Å². The van der Waals surface area contributed by atoms with Crippen LogP contribution in [-0.2, 0) is 6.42 Å². The minimum atomic E-state index is 0.423. The van der Waals surface area contributed by atoms with Gasteiger partial charge in [0.15, 0.2) is 0 Å². The number of aryl methyl sites for hydroxylation is 1. The quantitative estimate of drug-likeness (QED) is 0.791. The van der Waals surface area contributed by atoms with Crippen LogP contribution >= 0.6 is 11.8 Å². The molecule has 1 aliphatic rings. The van der Waals surface area contributed by atoms with Gasteiger partial charge >= 0.3 is 0 Å². The number of benzene rings is 2. The molecule has 2 aromatic rings. The molecule has 0 radical (unpaired) electrons. The Morgan fingerprint density at radius 1 is 1.05 bits per heavy atom. The van der Waals surface area contributed by atoms with Gasteiger partial charge in [0.2, 0.25) is 0 Å². The number of rotatable bonds is 2. The zero-order valence-electron chi connectivity index (χ0n) is 11.7. The molecule has 1 aliphatic heterocycles. The highest BCUT2D eigenvalue weighted by Gasteiger charge is 2.23. The van der Waals surface area contributed by atoms with Gasteiger partial charge < -0.3 is 5.32 Å². The van der Waals surface area contributed by atoms with Crippen molar-refractivity contribution in [3.05, 3.63) is 58.7 Å². The number of hydrogen-bond donors (Lipinski definition) is 1. The Kier molecular flexibility index (Phi) is 3.28. The maximum Gasteiger partial charge on any atom is 0.0555 e. The Labute approximate surface area is 119 Å². The molecule has 19 heavy (non-hydrogen) atoms. The molecule has 1 atom stereocenters. The zero-order chi connectivity index (χ0) is 13.4. The largest absolute Gasteiger partial charge is 0.377 e. The average Bonchev–Trinajstić information content (AvgIpc) is 2.88. The van der Waals surface area contributed by atoms with Gasteiger partial charge in [-0.1, -0.05) is 24.3 Å². The molecular formula is C17H19NS. The maximum atomic E-state index is 3.69. The molecule has 0 aliphatic carbocycles. The smallest absolute Gasteiger partial charge is 0.0555 e. The van der Waals surface area contributed by atoms with Gasteiger partial charge in [-0.25, -0.2) is 0 Å². The van der Waals surface area contributed by atoms with Crippen molar-refractivity contribution in [2.24, 2.45) is 0 Å². The van der Waals surface area contributed by atoms with E-state index in [1.807, 2.05) is 0 Å². The van der Waals surface area contributed by atoms with Gasteiger partial charge in [0.05, 0.1) is 6.04 Å². The van der Waals surface area contributed by atoms with Gasteiger partial charge in [-0.05, 0) is 60.9 Å². The first-order chi connectivity index (χ1) is 9.19. The van der Waals surface area contributed by atoms with E-state index in [0.29, 0.717) is 6.04 Å². The second-order valence-corrected chi connectivity index (χ2v) is 6.10. The minimum Gasteiger partial charge on any atom is -0.377 e. The molecule has 1 N–H and O–H groups in total. The number of nitrogens with one attached hydrogen (secondary N) is 1. The molecule has 0 bridgehead atoms. The third-order valence-electron chi connectivity index (χ3n) is 4.08. The van der Waals surface area contributed by atoms with Crippen LogP contribution < -0.4 is 5.32 Å². The lowest BCUT2D eigenvalue weighted by molar-refractivity contribution is 0.823. The average molecular weight is 269 g/mol. The van der Waals surface area contributed by atoms with Crippen LogP contribution in [0.4, 0.5) is 5.69 Å². The molecule has 3 rings (SSSR count). The molecule has 0 spiro atoms. The first-order valence-electron chi connectivity index (χ1n) is 6.68. The Morgan fingerprint density at radius 2 is 1.79 bits per heavy atom. The van der Waals surface area contributed by atoms with Crippen molar-refractivity contribution in [3.8, 4) is 0 Å². The lowest BCUT2D eigenvalue weighted by Gasteiger charge is -2.13. The van der Waals surface area contributed by atoms with Crippen LogP contribution in [0.1, 0.15) is 28.3 Å². The Morgan fingerprint density at radius 3 is 2.47 bits per heavy atom. The van der Waals surface area contributed by atoms with E-state index in [-0.39, 0.29) is 0 Å². The highest BCUT2D eigenvalue weighted by Crippen LogP contribution is 2.37. The van der Waals surface area contributed by atoms with Crippen LogP contribution in [-0.4, -0.2) is 6.26 Å². The number of hydrogen-bond acceptors (Lipinski definition) is 2.